The van der Waals surface area contributed by atoms with E-state index >= 15 is 0 Å². The fourth-order valence-electron chi connectivity index (χ4n) is 1.99. The van der Waals surface area contributed by atoms with E-state index in [4.69, 9.17) is 18.0 Å². The summed E-state index contributed by atoms with van der Waals surface area (Å²) in [5.41, 5.74) is 7.54. The number of nitrogens with zero attached hydrogens (tertiary/aromatic N) is 1. The van der Waals surface area contributed by atoms with Crippen molar-refractivity contribution in [2.45, 2.75) is 18.7 Å². The molecule has 2 aromatic rings. The summed E-state index contributed by atoms with van der Waals surface area (Å²) in [5.74, 6) is 0.269. The number of aryl methyl sites for hydroxylation is 2. The Balaban J connectivity index is 2.46. The Bertz CT molecular complexity index is 781. The second kappa shape index (κ2) is 5.79. The van der Waals surface area contributed by atoms with Gasteiger partial charge in [0.2, 0.25) is 0 Å². The van der Waals surface area contributed by atoms with Crippen LogP contribution >= 0.6 is 12.2 Å². The van der Waals surface area contributed by atoms with Crippen LogP contribution in [0.5, 0.6) is 0 Å². The maximum atomic E-state index is 12.5. The monoisotopic (exact) mass is 321 g/mol. The topological polar surface area (TPSA) is 85.1 Å². The average Bonchev–Trinajstić information content (AvgIpc) is 2.36. The summed E-state index contributed by atoms with van der Waals surface area (Å²) in [7, 11) is -3.80. The number of benzene rings is 1. The lowest BCUT2D eigenvalue weighted by Gasteiger charge is -2.11. The smallest absolute Gasteiger partial charge is 0.263 e. The molecule has 7 heteroatoms. The van der Waals surface area contributed by atoms with Crippen LogP contribution in [0.15, 0.2) is 41.3 Å². The summed E-state index contributed by atoms with van der Waals surface area (Å²) >= 11 is 4.89. The Labute approximate surface area is 129 Å². The van der Waals surface area contributed by atoms with Crippen LogP contribution in [-0.2, 0) is 10.0 Å². The predicted molar refractivity (Wildman–Crippen MR) is 86.8 cm³/mol. The van der Waals surface area contributed by atoms with E-state index in [1.165, 1.54) is 6.07 Å². The van der Waals surface area contributed by atoms with Gasteiger partial charge in [-0.05, 0) is 37.6 Å². The third kappa shape index (κ3) is 3.56. The van der Waals surface area contributed by atoms with Gasteiger partial charge < -0.3 is 5.73 Å². The molecule has 2 rings (SSSR count). The van der Waals surface area contributed by atoms with Gasteiger partial charge in [-0.25, -0.2) is 13.4 Å². The lowest BCUT2D eigenvalue weighted by Crippen LogP contribution is -2.20. The van der Waals surface area contributed by atoms with Crippen molar-refractivity contribution in [2.24, 2.45) is 5.73 Å². The van der Waals surface area contributed by atoms with Gasteiger partial charge in [-0.2, -0.15) is 0 Å². The Morgan fingerprint density at radius 2 is 1.90 bits per heavy atom. The second-order valence-corrected chi connectivity index (χ2v) is 6.73. The molecule has 0 fully saturated rings. The van der Waals surface area contributed by atoms with Crippen molar-refractivity contribution in [2.75, 3.05) is 4.72 Å². The van der Waals surface area contributed by atoms with Crippen LogP contribution in [0.3, 0.4) is 0 Å². The van der Waals surface area contributed by atoms with Gasteiger partial charge in [0, 0.05) is 11.3 Å². The van der Waals surface area contributed by atoms with E-state index in [2.05, 4.69) is 9.71 Å². The highest BCUT2D eigenvalue weighted by Gasteiger charge is 2.20. The number of aromatic nitrogens is 1. The summed E-state index contributed by atoms with van der Waals surface area (Å²) in [4.78, 5) is 4.24. The lowest BCUT2D eigenvalue weighted by atomic mass is 10.2. The first-order valence-corrected chi connectivity index (χ1v) is 8.06. The maximum absolute atomic E-state index is 12.5. The van der Waals surface area contributed by atoms with Crippen molar-refractivity contribution in [3.05, 3.63) is 53.2 Å². The quantitative estimate of drug-likeness (QED) is 0.843. The Morgan fingerprint density at radius 1 is 1.24 bits per heavy atom. The summed E-state index contributed by atoms with van der Waals surface area (Å²) in [6, 6.07) is 9.85. The van der Waals surface area contributed by atoms with Gasteiger partial charge in [0.05, 0.1) is 4.90 Å². The van der Waals surface area contributed by atoms with Gasteiger partial charge in [-0.1, -0.05) is 30.4 Å². The SMILES string of the molecule is Cc1cc(C)nc(NS(=O)(=O)c2ccccc2C(N)=S)c1. The molecular formula is C14H15N3O2S2. The van der Waals surface area contributed by atoms with E-state index in [1.807, 2.05) is 13.0 Å². The van der Waals surface area contributed by atoms with Gasteiger partial charge in [0.25, 0.3) is 10.0 Å². The molecule has 21 heavy (non-hydrogen) atoms. The number of thiocarbonyl (C=S) groups is 1. The average molecular weight is 321 g/mol. The molecule has 0 amide bonds. The molecule has 0 saturated heterocycles. The molecule has 3 N–H and O–H groups in total. The fraction of sp³-hybridized carbons (Fsp3) is 0.143. The second-order valence-electron chi connectivity index (χ2n) is 4.64. The number of nitrogens with one attached hydrogen (secondary N) is 1. The van der Waals surface area contributed by atoms with Crippen LogP contribution in [0.2, 0.25) is 0 Å². The van der Waals surface area contributed by atoms with E-state index in [9.17, 15) is 8.42 Å². The molecule has 0 radical (unpaired) electrons. The maximum Gasteiger partial charge on any atom is 0.263 e. The molecule has 0 aliphatic rings. The zero-order chi connectivity index (χ0) is 15.6. The van der Waals surface area contributed by atoms with Crippen molar-refractivity contribution in [3.8, 4) is 0 Å². The lowest BCUT2D eigenvalue weighted by molar-refractivity contribution is 0.601. The summed E-state index contributed by atoms with van der Waals surface area (Å²) in [6.07, 6.45) is 0. The molecule has 1 aromatic carbocycles. The van der Waals surface area contributed by atoms with Crippen LogP contribution in [0.4, 0.5) is 5.82 Å². The number of rotatable bonds is 4. The third-order valence-electron chi connectivity index (χ3n) is 2.78. The molecule has 0 saturated carbocycles. The van der Waals surface area contributed by atoms with Crippen LogP contribution < -0.4 is 10.5 Å². The van der Waals surface area contributed by atoms with E-state index in [-0.39, 0.29) is 15.7 Å². The van der Waals surface area contributed by atoms with E-state index in [1.54, 1.807) is 31.2 Å². The first-order valence-electron chi connectivity index (χ1n) is 6.16. The summed E-state index contributed by atoms with van der Waals surface area (Å²) < 4.78 is 27.4. The first-order chi connectivity index (χ1) is 9.79. The highest BCUT2D eigenvalue weighted by Crippen LogP contribution is 2.19. The molecule has 0 spiro atoms. The number of nitrogens with two attached hydrogens (primary N) is 1. The van der Waals surface area contributed by atoms with Gasteiger partial charge in [0.15, 0.2) is 0 Å². The normalized spacial score (nSPS) is 11.1. The minimum atomic E-state index is -3.80. The number of hydrogen-bond donors (Lipinski definition) is 2. The van der Waals surface area contributed by atoms with Crippen molar-refractivity contribution in [1.82, 2.24) is 4.98 Å². The molecule has 5 nitrogen and oxygen atoms in total. The molecule has 110 valence electrons. The van der Waals surface area contributed by atoms with Gasteiger partial charge in [0.1, 0.15) is 10.8 Å². The van der Waals surface area contributed by atoms with E-state index < -0.39 is 10.0 Å². The molecule has 1 heterocycles. The van der Waals surface area contributed by atoms with Crippen LogP contribution in [0, 0.1) is 13.8 Å². The number of hydrogen-bond acceptors (Lipinski definition) is 4. The zero-order valence-electron chi connectivity index (χ0n) is 11.6. The van der Waals surface area contributed by atoms with Crippen LogP contribution in [0.25, 0.3) is 0 Å². The van der Waals surface area contributed by atoms with Crippen LogP contribution in [0.1, 0.15) is 16.8 Å². The minimum absolute atomic E-state index is 0.0318. The Morgan fingerprint density at radius 3 is 2.52 bits per heavy atom. The predicted octanol–water partition coefficient (Wildman–Crippen LogP) is 2.13. The molecule has 1 aromatic heterocycles. The molecule has 0 unspecified atom stereocenters. The van der Waals surface area contributed by atoms with Gasteiger partial charge in [-0.3, -0.25) is 4.72 Å². The van der Waals surface area contributed by atoms with Gasteiger partial charge in [-0.15, -0.1) is 0 Å². The third-order valence-corrected chi connectivity index (χ3v) is 4.41. The van der Waals surface area contributed by atoms with Gasteiger partial charge >= 0.3 is 0 Å². The molecule has 0 bridgehead atoms. The zero-order valence-corrected chi connectivity index (χ0v) is 13.3. The van der Waals surface area contributed by atoms with Crippen molar-refractivity contribution in [1.29, 1.82) is 0 Å². The summed E-state index contributed by atoms with van der Waals surface area (Å²) in [5, 5.41) is 0. The Hall–Kier alpha value is -1.99. The molecular weight excluding hydrogens is 306 g/mol. The fourth-order valence-corrected chi connectivity index (χ4v) is 3.45. The highest BCUT2D eigenvalue weighted by atomic mass is 32.2. The van der Waals surface area contributed by atoms with Crippen molar-refractivity contribution >= 4 is 33.0 Å². The summed E-state index contributed by atoms with van der Waals surface area (Å²) in [6.45, 7) is 3.67. The number of anilines is 1. The van der Waals surface area contributed by atoms with E-state index in [0.29, 0.717) is 5.56 Å². The standard InChI is InChI=1S/C14H15N3O2S2/c1-9-7-10(2)16-13(8-9)17-21(18,19)12-6-4-3-5-11(12)14(15)20/h3-8H,1-2H3,(H2,15,20)(H,16,17). The first kappa shape index (κ1) is 15.4. The van der Waals surface area contributed by atoms with Crippen molar-refractivity contribution < 1.29 is 8.42 Å². The Kier molecular flexibility index (Phi) is 4.24. The number of sulfonamides is 1. The number of pyridine rings is 1. The van der Waals surface area contributed by atoms with Crippen LogP contribution in [-0.4, -0.2) is 18.4 Å². The van der Waals surface area contributed by atoms with Crippen molar-refractivity contribution in [3.63, 3.8) is 0 Å². The molecule has 0 atom stereocenters. The largest absolute Gasteiger partial charge is 0.389 e. The molecule has 0 aliphatic carbocycles. The minimum Gasteiger partial charge on any atom is -0.389 e. The molecule has 0 aliphatic heterocycles. The van der Waals surface area contributed by atoms with E-state index in [0.717, 1.165) is 11.3 Å². The highest BCUT2D eigenvalue weighted by molar-refractivity contribution is 7.93.